The van der Waals surface area contributed by atoms with Gasteiger partial charge in [-0.1, -0.05) is 19.3 Å². The van der Waals surface area contributed by atoms with Crippen molar-refractivity contribution in [1.29, 1.82) is 0 Å². The van der Waals surface area contributed by atoms with Crippen LogP contribution in [0.5, 0.6) is 0 Å². The molecular weight excluding hydrogens is 190 g/mol. The van der Waals surface area contributed by atoms with Crippen molar-refractivity contribution < 1.29 is 10.2 Å². The molecule has 1 heterocycles. The third-order valence-corrected chi connectivity index (χ3v) is 4.37. The maximum absolute atomic E-state index is 9.48. The first kappa shape index (κ1) is 11.4. The molecule has 88 valence electrons. The minimum absolute atomic E-state index is 0.244. The zero-order valence-corrected chi connectivity index (χ0v) is 9.49. The Morgan fingerprint density at radius 1 is 1.13 bits per heavy atom. The van der Waals surface area contributed by atoms with E-state index in [1.807, 2.05) is 0 Å². The average Bonchev–Trinajstić information content (AvgIpc) is 2.58. The van der Waals surface area contributed by atoms with E-state index in [0.717, 1.165) is 19.6 Å². The maximum atomic E-state index is 9.48. The Hall–Kier alpha value is -0.120. The van der Waals surface area contributed by atoms with Crippen LogP contribution in [-0.2, 0) is 0 Å². The Kier molecular flexibility index (Phi) is 3.65. The van der Waals surface area contributed by atoms with E-state index in [1.54, 1.807) is 0 Å². The topological polar surface area (TPSA) is 43.7 Å². The molecule has 0 unspecified atom stereocenters. The fourth-order valence-electron chi connectivity index (χ4n) is 3.53. The van der Waals surface area contributed by atoms with Crippen LogP contribution < -0.4 is 0 Å². The van der Waals surface area contributed by atoms with E-state index in [0.29, 0.717) is 17.9 Å². The van der Waals surface area contributed by atoms with Crippen molar-refractivity contribution in [2.24, 2.45) is 11.3 Å². The molecule has 2 N–H and O–H groups in total. The standard InChI is InChI=1S/C12H23NO2/c14-7-6-13-8-11(9-15)12(10-13)4-2-1-3-5-12/h11,14-15H,1-10H2/t11-/m0/s1. The maximum Gasteiger partial charge on any atom is 0.0558 e. The van der Waals surface area contributed by atoms with Gasteiger partial charge < -0.3 is 15.1 Å². The average molecular weight is 213 g/mol. The first-order valence-electron chi connectivity index (χ1n) is 6.25. The largest absolute Gasteiger partial charge is 0.396 e. The molecule has 1 saturated carbocycles. The van der Waals surface area contributed by atoms with Crippen LogP contribution in [0.1, 0.15) is 32.1 Å². The molecule has 0 amide bonds. The summed E-state index contributed by atoms with van der Waals surface area (Å²) in [6.45, 7) is 3.42. The summed E-state index contributed by atoms with van der Waals surface area (Å²) in [6, 6.07) is 0. The molecule has 0 aromatic carbocycles. The SMILES string of the molecule is OCCN1C[C@@H](CO)C2(CCCCC2)C1. The van der Waals surface area contributed by atoms with Crippen LogP contribution in [-0.4, -0.2) is 48.0 Å². The number of aliphatic hydroxyl groups excluding tert-OH is 2. The molecule has 0 bridgehead atoms. The number of aliphatic hydroxyl groups is 2. The van der Waals surface area contributed by atoms with Crippen molar-refractivity contribution in [3.8, 4) is 0 Å². The van der Waals surface area contributed by atoms with Crippen LogP contribution in [0.4, 0.5) is 0 Å². The van der Waals surface area contributed by atoms with Gasteiger partial charge in [-0.2, -0.15) is 0 Å². The van der Waals surface area contributed by atoms with Gasteiger partial charge in [0, 0.05) is 32.2 Å². The van der Waals surface area contributed by atoms with E-state index in [4.69, 9.17) is 5.11 Å². The van der Waals surface area contributed by atoms with E-state index in [2.05, 4.69) is 4.90 Å². The highest BCUT2D eigenvalue weighted by atomic mass is 16.3. The number of rotatable bonds is 3. The van der Waals surface area contributed by atoms with Crippen molar-refractivity contribution in [1.82, 2.24) is 4.90 Å². The zero-order valence-electron chi connectivity index (χ0n) is 9.49. The second-order valence-corrected chi connectivity index (χ2v) is 5.26. The molecule has 1 aliphatic heterocycles. The van der Waals surface area contributed by atoms with E-state index in [9.17, 15) is 5.11 Å². The van der Waals surface area contributed by atoms with Crippen molar-refractivity contribution in [2.75, 3.05) is 32.8 Å². The molecule has 0 aromatic heterocycles. The predicted molar refractivity (Wildman–Crippen MR) is 59.6 cm³/mol. The molecule has 3 nitrogen and oxygen atoms in total. The predicted octanol–water partition coefficient (Wildman–Crippen LogP) is 0.853. The second kappa shape index (κ2) is 4.81. The number of β-amino-alcohol motifs (C(OH)–C–C–N with tert-alkyl or cyclic N) is 1. The molecule has 15 heavy (non-hydrogen) atoms. The van der Waals surface area contributed by atoms with Crippen molar-refractivity contribution in [3.05, 3.63) is 0 Å². The lowest BCUT2D eigenvalue weighted by molar-refractivity contribution is 0.0912. The van der Waals surface area contributed by atoms with Gasteiger partial charge in [0.15, 0.2) is 0 Å². The molecule has 0 aromatic rings. The number of nitrogens with zero attached hydrogens (tertiary/aromatic N) is 1. The fourth-order valence-corrected chi connectivity index (χ4v) is 3.53. The summed E-state index contributed by atoms with van der Waals surface area (Å²) < 4.78 is 0. The summed E-state index contributed by atoms with van der Waals surface area (Å²) in [5, 5.41) is 18.4. The highest BCUT2D eigenvalue weighted by Gasteiger charge is 2.45. The highest BCUT2D eigenvalue weighted by molar-refractivity contribution is 4.97. The van der Waals surface area contributed by atoms with Crippen molar-refractivity contribution >= 4 is 0 Å². The summed E-state index contributed by atoms with van der Waals surface area (Å²) in [7, 11) is 0. The third-order valence-electron chi connectivity index (χ3n) is 4.37. The summed E-state index contributed by atoms with van der Waals surface area (Å²) >= 11 is 0. The molecule has 1 saturated heterocycles. The summed E-state index contributed by atoms with van der Waals surface area (Å²) in [5.74, 6) is 0.448. The normalized spacial score (nSPS) is 31.2. The van der Waals surface area contributed by atoms with Crippen molar-refractivity contribution in [3.63, 3.8) is 0 Å². The molecule has 1 spiro atoms. The van der Waals surface area contributed by atoms with E-state index in [1.165, 1.54) is 32.1 Å². The highest BCUT2D eigenvalue weighted by Crippen LogP contribution is 2.47. The van der Waals surface area contributed by atoms with Crippen LogP contribution in [0.3, 0.4) is 0 Å². The van der Waals surface area contributed by atoms with Crippen LogP contribution in [0, 0.1) is 11.3 Å². The molecule has 3 heteroatoms. The lowest BCUT2D eigenvalue weighted by atomic mass is 9.68. The number of hydrogen-bond acceptors (Lipinski definition) is 3. The van der Waals surface area contributed by atoms with Gasteiger partial charge >= 0.3 is 0 Å². The van der Waals surface area contributed by atoms with E-state index in [-0.39, 0.29) is 6.61 Å². The Balaban J connectivity index is 2.02. The van der Waals surface area contributed by atoms with Gasteiger partial charge in [-0.15, -0.1) is 0 Å². The summed E-state index contributed by atoms with van der Waals surface area (Å²) in [4.78, 5) is 2.33. The Morgan fingerprint density at radius 2 is 1.87 bits per heavy atom. The van der Waals surface area contributed by atoms with Crippen LogP contribution in [0.25, 0.3) is 0 Å². The number of hydrogen-bond donors (Lipinski definition) is 2. The third kappa shape index (κ3) is 2.19. The van der Waals surface area contributed by atoms with Crippen molar-refractivity contribution in [2.45, 2.75) is 32.1 Å². The van der Waals surface area contributed by atoms with Gasteiger partial charge in [0.2, 0.25) is 0 Å². The minimum Gasteiger partial charge on any atom is -0.396 e. The summed E-state index contributed by atoms with van der Waals surface area (Å²) in [5.41, 5.74) is 0.377. The van der Waals surface area contributed by atoms with Gasteiger partial charge in [-0.05, 0) is 18.3 Å². The first-order valence-corrected chi connectivity index (χ1v) is 6.25. The van der Waals surface area contributed by atoms with Gasteiger partial charge in [-0.3, -0.25) is 0 Å². The van der Waals surface area contributed by atoms with Gasteiger partial charge in [0.1, 0.15) is 0 Å². The molecule has 0 radical (unpaired) electrons. The summed E-state index contributed by atoms with van der Waals surface area (Å²) in [6.07, 6.45) is 6.56. The monoisotopic (exact) mass is 213 g/mol. The van der Waals surface area contributed by atoms with E-state index >= 15 is 0 Å². The fraction of sp³-hybridized carbons (Fsp3) is 1.00. The smallest absolute Gasteiger partial charge is 0.0558 e. The van der Waals surface area contributed by atoms with Gasteiger partial charge in [0.05, 0.1) is 6.61 Å². The zero-order chi connectivity index (χ0) is 10.7. The van der Waals surface area contributed by atoms with Gasteiger partial charge in [0.25, 0.3) is 0 Å². The minimum atomic E-state index is 0.244. The molecule has 2 fully saturated rings. The van der Waals surface area contributed by atoms with Crippen LogP contribution >= 0.6 is 0 Å². The quantitative estimate of drug-likeness (QED) is 0.730. The lowest BCUT2D eigenvalue weighted by Gasteiger charge is -2.37. The van der Waals surface area contributed by atoms with E-state index < -0.39 is 0 Å². The van der Waals surface area contributed by atoms with Gasteiger partial charge in [-0.25, -0.2) is 0 Å². The number of likely N-dealkylation sites (tertiary alicyclic amines) is 1. The molecule has 1 atom stereocenters. The Morgan fingerprint density at radius 3 is 2.47 bits per heavy atom. The van der Waals surface area contributed by atoms with Crippen LogP contribution in [0.2, 0.25) is 0 Å². The second-order valence-electron chi connectivity index (χ2n) is 5.26. The Labute approximate surface area is 92.1 Å². The molecule has 1 aliphatic carbocycles. The first-order chi connectivity index (χ1) is 7.30. The molecule has 2 aliphatic rings. The lowest BCUT2D eigenvalue weighted by Crippen LogP contribution is -2.34. The molecule has 2 rings (SSSR count). The molecular formula is C12H23NO2. The van der Waals surface area contributed by atoms with Crippen LogP contribution in [0.15, 0.2) is 0 Å². The Bertz CT molecular complexity index is 202.